The van der Waals surface area contributed by atoms with Crippen molar-refractivity contribution in [2.24, 2.45) is 0 Å². The lowest BCUT2D eigenvalue weighted by Gasteiger charge is -2.30. The number of ether oxygens (including phenoxy) is 2. The Bertz CT molecular complexity index is 548. The maximum Gasteiger partial charge on any atom is 0.586 e. The Balaban J connectivity index is 1.77. The number of nitrogens with zero attached hydrogens (tertiary/aromatic N) is 2. The molecule has 0 N–H and O–H groups in total. The van der Waals surface area contributed by atoms with Crippen LogP contribution in [0.3, 0.4) is 0 Å². The Kier molecular flexibility index (Phi) is 3.18. The largest absolute Gasteiger partial charge is 0.586 e. The summed E-state index contributed by atoms with van der Waals surface area (Å²) in [5.41, 5.74) is 0.285. The number of hydrogen-bond acceptors (Lipinski definition) is 4. The van der Waals surface area contributed by atoms with Crippen molar-refractivity contribution in [2.75, 3.05) is 26.2 Å². The van der Waals surface area contributed by atoms with Crippen molar-refractivity contribution in [3.63, 3.8) is 0 Å². The molecule has 1 aromatic rings. The monoisotopic (exact) mass is 304 g/mol. The van der Waals surface area contributed by atoms with Crippen LogP contribution in [-0.2, 0) is 0 Å². The molecule has 8 heteroatoms. The molecule has 2 aliphatic heterocycles. The second-order valence-electron chi connectivity index (χ2n) is 4.53. The number of fused-ring (bicyclic) bond motifs is 1. The van der Waals surface area contributed by atoms with Gasteiger partial charge in [0.15, 0.2) is 11.5 Å². The molecule has 0 unspecified atom stereocenters. The minimum absolute atomic E-state index is 0.0721. The highest BCUT2D eigenvalue weighted by Crippen LogP contribution is 2.41. The smallest absolute Gasteiger partial charge is 0.395 e. The van der Waals surface area contributed by atoms with E-state index in [2.05, 4.69) is 9.47 Å². The van der Waals surface area contributed by atoms with E-state index in [9.17, 15) is 13.6 Å². The predicted octanol–water partition coefficient (Wildman–Crippen LogP) is 1.92. The Morgan fingerprint density at radius 3 is 2.50 bits per heavy atom. The van der Waals surface area contributed by atoms with Crippen molar-refractivity contribution in [1.29, 1.82) is 0 Å². The first-order chi connectivity index (χ1) is 9.44. The quantitative estimate of drug-likeness (QED) is 0.743. The van der Waals surface area contributed by atoms with E-state index in [1.807, 2.05) is 0 Å². The molecule has 108 valence electrons. The SMILES string of the molecule is O=C(c1ccc2c(c1)OC(F)(F)O2)N1CCN(Cl)CC1. The molecule has 0 aliphatic carbocycles. The van der Waals surface area contributed by atoms with Crippen molar-refractivity contribution in [3.05, 3.63) is 23.8 Å². The molecule has 2 heterocycles. The number of rotatable bonds is 1. The van der Waals surface area contributed by atoms with Crippen LogP contribution in [0.15, 0.2) is 18.2 Å². The van der Waals surface area contributed by atoms with Crippen LogP contribution in [0.4, 0.5) is 8.78 Å². The molecule has 0 saturated carbocycles. The molecule has 2 aliphatic rings. The van der Waals surface area contributed by atoms with Crippen LogP contribution in [0.25, 0.3) is 0 Å². The van der Waals surface area contributed by atoms with Crippen LogP contribution in [0, 0.1) is 0 Å². The number of benzene rings is 1. The third kappa shape index (κ3) is 2.51. The van der Waals surface area contributed by atoms with Gasteiger partial charge in [-0.1, -0.05) is 0 Å². The molecular formula is C12H11ClF2N2O3. The molecule has 0 radical (unpaired) electrons. The summed E-state index contributed by atoms with van der Waals surface area (Å²) in [6.07, 6.45) is -3.67. The maximum atomic E-state index is 12.9. The van der Waals surface area contributed by atoms with E-state index >= 15 is 0 Å². The summed E-state index contributed by atoms with van der Waals surface area (Å²) in [6, 6.07) is 4.02. The fourth-order valence-corrected chi connectivity index (χ4v) is 2.30. The number of halogens is 3. The molecule has 0 bridgehead atoms. The van der Waals surface area contributed by atoms with Crippen molar-refractivity contribution in [2.45, 2.75) is 6.29 Å². The van der Waals surface area contributed by atoms with Crippen LogP contribution in [0.1, 0.15) is 10.4 Å². The van der Waals surface area contributed by atoms with Crippen molar-refractivity contribution < 1.29 is 23.0 Å². The van der Waals surface area contributed by atoms with Gasteiger partial charge in [-0.05, 0) is 30.0 Å². The third-order valence-electron chi connectivity index (χ3n) is 3.16. The highest BCUT2D eigenvalue weighted by molar-refractivity contribution is 6.13. The number of amides is 1. The van der Waals surface area contributed by atoms with Gasteiger partial charge in [0, 0.05) is 31.7 Å². The summed E-state index contributed by atoms with van der Waals surface area (Å²) in [5.74, 6) is -0.440. The minimum atomic E-state index is -3.67. The van der Waals surface area contributed by atoms with Gasteiger partial charge in [-0.3, -0.25) is 4.79 Å². The van der Waals surface area contributed by atoms with Gasteiger partial charge in [-0.15, -0.1) is 8.78 Å². The van der Waals surface area contributed by atoms with Crippen molar-refractivity contribution in [1.82, 2.24) is 9.32 Å². The summed E-state index contributed by atoms with van der Waals surface area (Å²) in [7, 11) is 0. The zero-order valence-corrected chi connectivity index (χ0v) is 11.1. The summed E-state index contributed by atoms with van der Waals surface area (Å²) < 4.78 is 36.0. The van der Waals surface area contributed by atoms with Crippen LogP contribution in [-0.4, -0.2) is 47.7 Å². The van der Waals surface area contributed by atoms with Crippen molar-refractivity contribution >= 4 is 17.7 Å². The summed E-state index contributed by atoms with van der Waals surface area (Å²) in [5, 5.41) is 0. The molecule has 1 saturated heterocycles. The Hall–Kier alpha value is -1.60. The predicted molar refractivity (Wildman–Crippen MR) is 66.0 cm³/mol. The zero-order valence-electron chi connectivity index (χ0n) is 10.3. The Morgan fingerprint density at radius 2 is 1.80 bits per heavy atom. The van der Waals surface area contributed by atoms with Crippen LogP contribution < -0.4 is 9.47 Å². The molecule has 0 aromatic heterocycles. The average Bonchev–Trinajstić information content (AvgIpc) is 2.71. The Labute approximate surface area is 118 Å². The van der Waals surface area contributed by atoms with Gasteiger partial charge < -0.3 is 14.4 Å². The fraction of sp³-hybridized carbons (Fsp3) is 0.417. The van der Waals surface area contributed by atoms with Crippen molar-refractivity contribution in [3.8, 4) is 11.5 Å². The standard InChI is InChI=1S/C12H11ClF2N2O3/c13-17-5-3-16(4-6-17)11(18)8-1-2-9-10(7-8)20-12(14,15)19-9/h1-2,7H,3-6H2. The van der Waals surface area contributed by atoms with E-state index in [1.165, 1.54) is 18.2 Å². The first-order valence-electron chi connectivity index (χ1n) is 6.04. The molecule has 0 atom stereocenters. The number of hydrogen-bond donors (Lipinski definition) is 0. The molecule has 5 nitrogen and oxygen atoms in total. The minimum Gasteiger partial charge on any atom is -0.395 e. The summed E-state index contributed by atoms with van der Waals surface area (Å²) >= 11 is 5.82. The van der Waals surface area contributed by atoms with E-state index in [-0.39, 0.29) is 23.0 Å². The molecule has 1 amide bonds. The van der Waals surface area contributed by atoms with Gasteiger partial charge in [-0.25, -0.2) is 4.42 Å². The van der Waals surface area contributed by atoms with Gasteiger partial charge in [0.1, 0.15) is 0 Å². The second-order valence-corrected chi connectivity index (χ2v) is 5.01. The topological polar surface area (TPSA) is 42.0 Å². The number of carbonyl (C=O) groups is 1. The molecule has 3 rings (SSSR count). The van der Waals surface area contributed by atoms with Crippen LogP contribution in [0.2, 0.25) is 0 Å². The van der Waals surface area contributed by atoms with E-state index in [0.29, 0.717) is 26.2 Å². The molecule has 0 spiro atoms. The first-order valence-corrected chi connectivity index (χ1v) is 6.38. The van der Waals surface area contributed by atoms with Gasteiger partial charge >= 0.3 is 6.29 Å². The zero-order chi connectivity index (χ0) is 14.3. The van der Waals surface area contributed by atoms with E-state index < -0.39 is 6.29 Å². The normalized spacial score (nSPS) is 21.1. The van der Waals surface area contributed by atoms with Gasteiger partial charge in [-0.2, -0.15) is 0 Å². The second kappa shape index (κ2) is 4.75. The Morgan fingerprint density at radius 1 is 1.15 bits per heavy atom. The van der Waals surface area contributed by atoms with Gasteiger partial charge in [0.2, 0.25) is 0 Å². The maximum absolute atomic E-state index is 12.9. The number of alkyl halides is 2. The van der Waals surface area contributed by atoms with Crippen LogP contribution >= 0.6 is 11.8 Å². The van der Waals surface area contributed by atoms with E-state index in [1.54, 1.807) is 9.32 Å². The first kappa shape index (κ1) is 13.4. The lowest BCUT2D eigenvalue weighted by atomic mass is 10.1. The number of piperazine rings is 1. The van der Waals surface area contributed by atoms with E-state index in [0.717, 1.165) is 0 Å². The fourth-order valence-electron chi connectivity index (χ4n) is 2.15. The number of carbonyl (C=O) groups excluding carboxylic acids is 1. The third-order valence-corrected chi connectivity index (χ3v) is 3.50. The molecular weight excluding hydrogens is 294 g/mol. The highest BCUT2D eigenvalue weighted by Gasteiger charge is 2.43. The van der Waals surface area contributed by atoms with Gasteiger partial charge in [0.25, 0.3) is 5.91 Å². The van der Waals surface area contributed by atoms with Gasteiger partial charge in [0.05, 0.1) is 0 Å². The highest BCUT2D eigenvalue weighted by atomic mass is 35.5. The van der Waals surface area contributed by atoms with Crippen LogP contribution in [0.5, 0.6) is 11.5 Å². The lowest BCUT2D eigenvalue weighted by molar-refractivity contribution is -0.286. The molecule has 20 heavy (non-hydrogen) atoms. The lowest BCUT2D eigenvalue weighted by Crippen LogP contribution is -2.45. The van der Waals surface area contributed by atoms with E-state index in [4.69, 9.17) is 11.8 Å². The average molecular weight is 305 g/mol. The summed E-state index contributed by atoms with van der Waals surface area (Å²) in [6.45, 7) is 2.12. The molecule has 1 aromatic carbocycles. The molecule has 1 fully saturated rings. The summed E-state index contributed by atoms with van der Waals surface area (Å²) in [4.78, 5) is 13.9.